The van der Waals surface area contributed by atoms with Gasteiger partial charge in [-0.3, -0.25) is 4.90 Å². The Labute approximate surface area is 111 Å². The highest BCUT2D eigenvalue weighted by Crippen LogP contribution is 2.16. The summed E-state index contributed by atoms with van der Waals surface area (Å²) in [4.78, 5) is 2.52. The molecular weight excluding hydrogens is 222 g/mol. The van der Waals surface area contributed by atoms with Crippen LogP contribution in [-0.2, 0) is 6.42 Å². The standard InChI is InChI=1S/C16H25NO/c1-3-15-6-8-16(9-7-15)18-12-11-17-10-4-5-14(2)13-17/h6-9,14H,3-5,10-13H2,1-2H3/t14-/m0/s1. The lowest BCUT2D eigenvalue weighted by Gasteiger charge is -2.30. The molecule has 0 aromatic heterocycles. The van der Waals surface area contributed by atoms with Crippen LogP contribution in [0.4, 0.5) is 0 Å². The van der Waals surface area contributed by atoms with Gasteiger partial charge in [-0.15, -0.1) is 0 Å². The van der Waals surface area contributed by atoms with Gasteiger partial charge in [-0.25, -0.2) is 0 Å². The summed E-state index contributed by atoms with van der Waals surface area (Å²) in [5.74, 6) is 1.85. The van der Waals surface area contributed by atoms with E-state index < -0.39 is 0 Å². The molecule has 0 bridgehead atoms. The molecule has 0 saturated carbocycles. The highest BCUT2D eigenvalue weighted by Gasteiger charge is 2.15. The number of ether oxygens (including phenoxy) is 1. The number of likely N-dealkylation sites (tertiary alicyclic amines) is 1. The van der Waals surface area contributed by atoms with Gasteiger partial charge in [-0.1, -0.05) is 26.0 Å². The first-order chi connectivity index (χ1) is 8.78. The maximum absolute atomic E-state index is 5.80. The Kier molecular flexibility index (Phi) is 5.06. The van der Waals surface area contributed by atoms with Gasteiger partial charge in [-0.05, 0) is 49.4 Å². The molecule has 0 radical (unpaired) electrons. The van der Waals surface area contributed by atoms with Crippen LogP contribution in [0, 0.1) is 5.92 Å². The van der Waals surface area contributed by atoms with Gasteiger partial charge in [0, 0.05) is 13.1 Å². The minimum Gasteiger partial charge on any atom is -0.492 e. The molecule has 1 heterocycles. The molecule has 1 aromatic carbocycles. The lowest BCUT2D eigenvalue weighted by molar-refractivity contribution is 0.153. The van der Waals surface area contributed by atoms with Crippen LogP contribution in [0.5, 0.6) is 5.75 Å². The Bertz CT molecular complexity index is 347. The Morgan fingerprint density at radius 1 is 1.28 bits per heavy atom. The number of aryl methyl sites for hydroxylation is 1. The third kappa shape index (κ3) is 4.02. The normalized spacial score (nSPS) is 20.9. The molecule has 1 fully saturated rings. The summed E-state index contributed by atoms with van der Waals surface area (Å²) < 4.78 is 5.80. The van der Waals surface area contributed by atoms with Crippen molar-refractivity contribution in [2.75, 3.05) is 26.2 Å². The maximum Gasteiger partial charge on any atom is 0.119 e. The zero-order valence-corrected chi connectivity index (χ0v) is 11.7. The monoisotopic (exact) mass is 247 g/mol. The van der Waals surface area contributed by atoms with Gasteiger partial charge < -0.3 is 4.74 Å². The van der Waals surface area contributed by atoms with Gasteiger partial charge in [0.05, 0.1) is 0 Å². The molecule has 0 aliphatic carbocycles. The molecule has 100 valence electrons. The lowest BCUT2D eigenvalue weighted by Crippen LogP contribution is -2.37. The largest absolute Gasteiger partial charge is 0.492 e. The fourth-order valence-corrected chi connectivity index (χ4v) is 2.60. The summed E-state index contributed by atoms with van der Waals surface area (Å²) in [7, 11) is 0. The summed E-state index contributed by atoms with van der Waals surface area (Å²) in [6.45, 7) is 8.85. The molecule has 0 spiro atoms. The average molecular weight is 247 g/mol. The molecule has 2 heteroatoms. The molecule has 18 heavy (non-hydrogen) atoms. The molecule has 1 atom stereocenters. The fraction of sp³-hybridized carbons (Fsp3) is 0.625. The number of benzene rings is 1. The highest BCUT2D eigenvalue weighted by atomic mass is 16.5. The van der Waals surface area contributed by atoms with E-state index in [0.29, 0.717) is 0 Å². The van der Waals surface area contributed by atoms with Crippen molar-refractivity contribution in [2.45, 2.75) is 33.1 Å². The summed E-state index contributed by atoms with van der Waals surface area (Å²) >= 11 is 0. The summed E-state index contributed by atoms with van der Waals surface area (Å²) in [6, 6.07) is 8.46. The van der Waals surface area contributed by atoms with Gasteiger partial charge in [0.15, 0.2) is 0 Å². The second kappa shape index (κ2) is 6.79. The number of hydrogen-bond donors (Lipinski definition) is 0. The third-order valence-corrected chi connectivity index (χ3v) is 3.75. The fourth-order valence-electron chi connectivity index (χ4n) is 2.60. The number of hydrogen-bond acceptors (Lipinski definition) is 2. The molecule has 2 nitrogen and oxygen atoms in total. The first-order valence-electron chi connectivity index (χ1n) is 7.22. The molecular formula is C16H25NO. The molecule has 1 saturated heterocycles. The zero-order chi connectivity index (χ0) is 12.8. The molecule has 1 aromatic rings. The van der Waals surface area contributed by atoms with E-state index in [-0.39, 0.29) is 0 Å². The van der Waals surface area contributed by atoms with Crippen molar-refractivity contribution in [1.82, 2.24) is 4.90 Å². The van der Waals surface area contributed by atoms with E-state index in [1.165, 1.54) is 31.5 Å². The molecule has 0 N–H and O–H groups in total. The van der Waals surface area contributed by atoms with Crippen molar-refractivity contribution >= 4 is 0 Å². The molecule has 2 rings (SSSR count). The predicted octanol–water partition coefficient (Wildman–Crippen LogP) is 3.36. The van der Waals surface area contributed by atoms with Gasteiger partial charge in [-0.2, -0.15) is 0 Å². The van der Waals surface area contributed by atoms with Crippen molar-refractivity contribution < 1.29 is 4.74 Å². The minimum absolute atomic E-state index is 0.804. The second-order valence-corrected chi connectivity index (χ2v) is 5.39. The second-order valence-electron chi connectivity index (χ2n) is 5.39. The summed E-state index contributed by atoms with van der Waals surface area (Å²) in [6.07, 6.45) is 3.81. The zero-order valence-electron chi connectivity index (χ0n) is 11.7. The smallest absolute Gasteiger partial charge is 0.119 e. The highest BCUT2D eigenvalue weighted by molar-refractivity contribution is 5.27. The van der Waals surface area contributed by atoms with Crippen LogP contribution in [0.15, 0.2) is 24.3 Å². The summed E-state index contributed by atoms with van der Waals surface area (Å²) in [5.41, 5.74) is 1.37. The van der Waals surface area contributed by atoms with Crippen LogP contribution in [0.3, 0.4) is 0 Å². The Morgan fingerprint density at radius 3 is 2.72 bits per heavy atom. The Balaban J connectivity index is 1.70. The van der Waals surface area contributed by atoms with Crippen LogP contribution in [0.25, 0.3) is 0 Å². The van der Waals surface area contributed by atoms with E-state index in [2.05, 4.69) is 43.0 Å². The van der Waals surface area contributed by atoms with Gasteiger partial charge in [0.2, 0.25) is 0 Å². The van der Waals surface area contributed by atoms with Gasteiger partial charge >= 0.3 is 0 Å². The first-order valence-corrected chi connectivity index (χ1v) is 7.22. The molecule has 1 aliphatic rings. The van der Waals surface area contributed by atoms with E-state index in [1.54, 1.807) is 0 Å². The van der Waals surface area contributed by atoms with Crippen LogP contribution in [-0.4, -0.2) is 31.1 Å². The van der Waals surface area contributed by atoms with Crippen molar-refractivity contribution in [1.29, 1.82) is 0 Å². The predicted molar refractivity (Wildman–Crippen MR) is 76.2 cm³/mol. The summed E-state index contributed by atoms with van der Waals surface area (Å²) in [5, 5.41) is 0. The minimum atomic E-state index is 0.804. The molecule has 0 unspecified atom stereocenters. The van der Waals surface area contributed by atoms with E-state index in [4.69, 9.17) is 4.74 Å². The van der Waals surface area contributed by atoms with Crippen molar-refractivity contribution in [3.8, 4) is 5.75 Å². The Hall–Kier alpha value is -1.02. The van der Waals surface area contributed by atoms with Gasteiger partial charge in [0.1, 0.15) is 12.4 Å². The van der Waals surface area contributed by atoms with Crippen LogP contribution >= 0.6 is 0 Å². The van der Waals surface area contributed by atoms with Crippen LogP contribution < -0.4 is 4.74 Å². The van der Waals surface area contributed by atoms with Crippen molar-refractivity contribution in [2.24, 2.45) is 5.92 Å². The first kappa shape index (κ1) is 13.4. The third-order valence-electron chi connectivity index (χ3n) is 3.75. The van der Waals surface area contributed by atoms with Crippen molar-refractivity contribution in [3.05, 3.63) is 29.8 Å². The van der Waals surface area contributed by atoms with E-state index in [0.717, 1.165) is 31.2 Å². The van der Waals surface area contributed by atoms with Crippen LogP contribution in [0.1, 0.15) is 32.3 Å². The lowest BCUT2D eigenvalue weighted by atomic mass is 10.0. The molecule has 0 amide bonds. The number of nitrogens with zero attached hydrogens (tertiary/aromatic N) is 1. The number of rotatable bonds is 5. The van der Waals surface area contributed by atoms with E-state index >= 15 is 0 Å². The van der Waals surface area contributed by atoms with Crippen molar-refractivity contribution in [3.63, 3.8) is 0 Å². The quantitative estimate of drug-likeness (QED) is 0.791. The maximum atomic E-state index is 5.80. The molecule has 1 aliphatic heterocycles. The van der Waals surface area contributed by atoms with E-state index in [9.17, 15) is 0 Å². The SMILES string of the molecule is CCc1ccc(OCCN2CCC[C@H](C)C2)cc1. The Morgan fingerprint density at radius 2 is 2.06 bits per heavy atom. The topological polar surface area (TPSA) is 12.5 Å². The van der Waals surface area contributed by atoms with Crippen LogP contribution in [0.2, 0.25) is 0 Å². The van der Waals surface area contributed by atoms with E-state index in [1.807, 2.05) is 0 Å². The van der Waals surface area contributed by atoms with Gasteiger partial charge in [0.25, 0.3) is 0 Å². The average Bonchev–Trinajstić information content (AvgIpc) is 2.40. The number of piperidine rings is 1.